The van der Waals surface area contributed by atoms with Crippen molar-refractivity contribution in [3.05, 3.63) is 47.5 Å². The number of hydrogen-bond donors (Lipinski definition) is 2. The monoisotopic (exact) mass is 401 g/mol. The lowest BCUT2D eigenvalue weighted by Gasteiger charge is -2.21. The predicted molar refractivity (Wildman–Crippen MR) is 117 cm³/mol. The van der Waals surface area contributed by atoms with Crippen LogP contribution in [0.15, 0.2) is 35.3 Å². The summed E-state index contributed by atoms with van der Waals surface area (Å²) in [5.41, 5.74) is 1.22. The highest BCUT2D eigenvalue weighted by Crippen LogP contribution is 2.11. The number of aromatic nitrogens is 3. The molecule has 0 amide bonds. The Balaban J connectivity index is 1.96. The van der Waals surface area contributed by atoms with E-state index in [0.717, 1.165) is 50.3 Å². The van der Waals surface area contributed by atoms with Gasteiger partial charge >= 0.3 is 0 Å². The van der Waals surface area contributed by atoms with Crippen LogP contribution in [0.4, 0.5) is 0 Å². The molecule has 0 aliphatic rings. The van der Waals surface area contributed by atoms with Gasteiger partial charge in [0.2, 0.25) is 0 Å². The third-order valence-corrected chi connectivity index (χ3v) is 4.89. The summed E-state index contributed by atoms with van der Waals surface area (Å²) in [6, 6.07) is 10.5. The zero-order valence-electron chi connectivity index (χ0n) is 18.4. The van der Waals surface area contributed by atoms with Gasteiger partial charge in [-0.2, -0.15) is 0 Å². The first-order valence-electron chi connectivity index (χ1n) is 10.1. The van der Waals surface area contributed by atoms with Gasteiger partial charge in [-0.3, -0.25) is 0 Å². The van der Waals surface area contributed by atoms with Gasteiger partial charge in [-0.25, -0.2) is 4.99 Å². The Kier molecular flexibility index (Phi) is 9.59. The molecule has 1 aromatic carbocycles. The van der Waals surface area contributed by atoms with Crippen LogP contribution in [0.25, 0.3) is 0 Å². The first-order valence-corrected chi connectivity index (χ1v) is 10.1. The molecule has 1 unspecified atom stereocenters. The van der Waals surface area contributed by atoms with Crippen LogP contribution in [0.5, 0.6) is 0 Å². The molecule has 0 fully saturated rings. The van der Waals surface area contributed by atoms with Crippen LogP contribution < -0.4 is 10.6 Å². The van der Waals surface area contributed by atoms with Crippen molar-refractivity contribution in [3.63, 3.8) is 0 Å². The number of guanidine groups is 1. The van der Waals surface area contributed by atoms with Gasteiger partial charge in [0, 0.05) is 40.4 Å². The van der Waals surface area contributed by atoms with Crippen LogP contribution in [-0.2, 0) is 18.3 Å². The normalized spacial score (nSPS) is 13.0. The van der Waals surface area contributed by atoms with Gasteiger partial charge < -0.3 is 24.8 Å². The van der Waals surface area contributed by atoms with Crippen LogP contribution in [-0.4, -0.2) is 66.0 Å². The average Bonchev–Trinajstić information content (AvgIpc) is 3.04. The van der Waals surface area contributed by atoms with E-state index < -0.39 is 0 Å². The maximum absolute atomic E-state index is 5.12. The minimum Gasteiger partial charge on any atom is -0.385 e. The highest BCUT2D eigenvalue weighted by molar-refractivity contribution is 5.80. The number of hydrogen-bond acceptors (Lipinski definition) is 5. The topological polar surface area (TPSA) is 79.6 Å². The molecule has 0 saturated carbocycles. The summed E-state index contributed by atoms with van der Waals surface area (Å²) in [6.07, 6.45) is 1.03. The fraction of sp³-hybridized carbons (Fsp3) is 0.571. The summed E-state index contributed by atoms with van der Waals surface area (Å²) in [5, 5.41) is 15.3. The fourth-order valence-corrected chi connectivity index (χ4v) is 2.88. The summed E-state index contributed by atoms with van der Waals surface area (Å²) in [6.45, 7) is 8.07. The van der Waals surface area contributed by atoms with Crippen molar-refractivity contribution in [2.75, 3.05) is 40.4 Å². The van der Waals surface area contributed by atoms with Crippen LogP contribution in [0.3, 0.4) is 0 Å². The fourth-order valence-electron chi connectivity index (χ4n) is 2.88. The Hall–Kier alpha value is -2.45. The highest BCUT2D eigenvalue weighted by atomic mass is 16.5. The lowest BCUT2D eigenvalue weighted by molar-refractivity contribution is 0.180. The van der Waals surface area contributed by atoms with E-state index in [2.05, 4.69) is 64.0 Å². The molecule has 8 nitrogen and oxygen atoms in total. The number of ether oxygens (including phenoxy) is 1. The summed E-state index contributed by atoms with van der Waals surface area (Å²) in [4.78, 5) is 7.03. The van der Waals surface area contributed by atoms with Crippen molar-refractivity contribution in [1.82, 2.24) is 30.3 Å². The average molecular weight is 402 g/mol. The van der Waals surface area contributed by atoms with Gasteiger partial charge in [-0.05, 0) is 32.9 Å². The van der Waals surface area contributed by atoms with Gasteiger partial charge in [0.15, 0.2) is 11.8 Å². The van der Waals surface area contributed by atoms with Crippen molar-refractivity contribution < 1.29 is 4.74 Å². The molecule has 0 aliphatic carbocycles. The van der Waals surface area contributed by atoms with Crippen molar-refractivity contribution in [2.24, 2.45) is 12.0 Å². The molecule has 29 heavy (non-hydrogen) atoms. The summed E-state index contributed by atoms with van der Waals surface area (Å²) >= 11 is 0. The number of aliphatic imine (C=N–C) groups is 1. The predicted octanol–water partition coefficient (Wildman–Crippen LogP) is 1.89. The number of nitrogens with one attached hydrogen (secondary N) is 2. The Morgan fingerprint density at radius 1 is 1.24 bits per heavy atom. The quantitative estimate of drug-likeness (QED) is 0.340. The van der Waals surface area contributed by atoms with Gasteiger partial charge in [0.25, 0.3) is 0 Å². The van der Waals surface area contributed by atoms with E-state index >= 15 is 0 Å². The van der Waals surface area contributed by atoms with Crippen molar-refractivity contribution >= 4 is 5.96 Å². The van der Waals surface area contributed by atoms with E-state index in [1.54, 1.807) is 7.11 Å². The molecule has 0 radical (unpaired) electrons. The van der Waals surface area contributed by atoms with Gasteiger partial charge in [0.05, 0.1) is 6.04 Å². The molecule has 8 heteroatoms. The SMILES string of the molecule is COCCCN(C)CCNC(=NCc1nnc(C)n1C)NC(C)c1ccccc1. The maximum Gasteiger partial charge on any atom is 0.192 e. The van der Waals surface area contributed by atoms with E-state index in [1.807, 2.05) is 24.6 Å². The molecular weight excluding hydrogens is 366 g/mol. The minimum atomic E-state index is 0.142. The second kappa shape index (κ2) is 12.2. The molecule has 2 rings (SSSR count). The molecule has 0 bridgehead atoms. The third kappa shape index (κ3) is 7.83. The largest absolute Gasteiger partial charge is 0.385 e. The molecule has 160 valence electrons. The first-order chi connectivity index (χ1) is 14.0. The van der Waals surface area contributed by atoms with Crippen LogP contribution in [0, 0.1) is 6.92 Å². The molecule has 1 atom stereocenters. The number of methoxy groups -OCH3 is 1. The Bertz CT molecular complexity index is 745. The molecule has 0 spiro atoms. The van der Waals surface area contributed by atoms with Crippen LogP contribution >= 0.6 is 0 Å². The lowest BCUT2D eigenvalue weighted by Crippen LogP contribution is -2.42. The van der Waals surface area contributed by atoms with Crippen LogP contribution in [0.2, 0.25) is 0 Å². The van der Waals surface area contributed by atoms with Gasteiger partial charge in [0.1, 0.15) is 12.4 Å². The number of rotatable bonds is 11. The summed E-state index contributed by atoms with van der Waals surface area (Å²) < 4.78 is 7.09. The van der Waals surface area contributed by atoms with Crippen molar-refractivity contribution in [3.8, 4) is 0 Å². The Morgan fingerprint density at radius 2 is 2.00 bits per heavy atom. The number of nitrogens with zero attached hydrogens (tertiary/aromatic N) is 5. The Labute approximate surface area is 174 Å². The zero-order valence-corrected chi connectivity index (χ0v) is 18.4. The standard InChI is InChI=1S/C21H35N7O/c1-17(19-10-7-6-8-11-19)24-21(22-12-14-27(3)13-9-15-29-5)23-16-20-26-25-18(2)28(20)4/h6-8,10-11,17H,9,12-16H2,1-5H3,(H2,22,23,24). The van der Waals surface area contributed by atoms with Gasteiger partial charge in [-0.1, -0.05) is 30.3 Å². The number of benzene rings is 1. The maximum atomic E-state index is 5.12. The molecule has 0 aliphatic heterocycles. The minimum absolute atomic E-state index is 0.142. The third-order valence-electron chi connectivity index (χ3n) is 4.89. The second-order valence-electron chi connectivity index (χ2n) is 7.24. The summed E-state index contributed by atoms with van der Waals surface area (Å²) in [5.74, 6) is 2.49. The molecular formula is C21H35N7O. The van der Waals surface area contributed by atoms with Crippen molar-refractivity contribution in [2.45, 2.75) is 32.9 Å². The van der Waals surface area contributed by atoms with Crippen LogP contribution in [0.1, 0.15) is 36.6 Å². The zero-order chi connectivity index (χ0) is 21.1. The van der Waals surface area contributed by atoms with E-state index in [0.29, 0.717) is 6.54 Å². The smallest absolute Gasteiger partial charge is 0.192 e. The Morgan fingerprint density at radius 3 is 2.66 bits per heavy atom. The molecule has 1 heterocycles. The van der Waals surface area contributed by atoms with Crippen molar-refractivity contribution in [1.29, 1.82) is 0 Å². The summed E-state index contributed by atoms with van der Waals surface area (Å²) in [7, 11) is 5.82. The van der Waals surface area contributed by atoms with E-state index in [1.165, 1.54) is 5.56 Å². The van der Waals surface area contributed by atoms with E-state index in [4.69, 9.17) is 9.73 Å². The second-order valence-corrected chi connectivity index (χ2v) is 7.24. The number of likely N-dealkylation sites (N-methyl/N-ethyl adjacent to an activating group) is 1. The first kappa shape index (κ1) is 22.8. The molecule has 0 saturated heterocycles. The molecule has 2 N–H and O–H groups in total. The van der Waals surface area contributed by atoms with E-state index in [-0.39, 0.29) is 6.04 Å². The molecule has 2 aromatic rings. The molecule has 1 aromatic heterocycles. The van der Waals surface area contributed by atoms with E-state index in [9.17, 15) is 0 Å². The lowest BCUT2D eigenvalue weighted by atomic mass is 10.1. The highest BCUT2D eigenvalue weighted by Gasteiger charge is 2.10. The van der Waals surface area contributed by atoms with Gasteiger partial charge in [-0.15, -0.1) is 10.2 Å². The number of aryl methyl sites for hydroxylation is 1.